The van der Waals surface area contributed by atoms with Crippen molar-refractivity contribution in [3.8, 4) is 0 Å². The smallest absolute Gasteiger partial charge is 0.282 e. The number of carbonyl (C=O) groups excluding carboxylic acids is 1. The molecule has 0 fully saturated rings. The molecule has 5 rings (SSSR count). The standard InChI is InChI=1S/C29H24N4O2/c1-20-24(17-21-11-5-2-6-12-21)32-28-26(25(20)27(34)23-15-9-4-10-16-23)29(35)33(19-30-28)31-18-22-13-7-3-8-14-22/h2-16,19,31H,17-18H2,1H3. The van der Waals surface area contributed by atoms with Gasteiger partial charge in [0.1, 0.15) is 6.33 Å². The van der Waals surface area contributed by atoms with Gasteiger partial charge in [-0.15, -0.1) is 0 Å². The number of benzene rings is 3. The maximum atomic E-state index is 13.7. The van der Waals surface area contributed by atoms with E-state index in [1.807, 2.05) is 85.8 Å². The second kappa shape index (κ2) is 9.73. The highest BCUT2D eigenvalue weighted by molar-refractivity contribution is 6.16. The van der Waals surface area contributed by atoms with Gasteiger partial charge >= 0.3 is 0 Å². The Balaban J connectivity index is 1.65. The third-order valence-corrected chi connectivity index (χ3v) is 6.02. The molecule has 0 unspecified atom stereocenters. The molecule has 0 bridgehead atoms. The van der Waals surface area contributed by atoms with Crippen molar-refractivity contribution in [2.75, 3.05) is 5.43 Å². The molecule has 2 aromatic heterocycles. The van der Waals surface area contributed by atoms with Crippen LogP contribution in [-0.4, -0.2) is 20.4 Å². The summed E-state index contributed by atoms with van der Waals surface area (Å²) in [7, 11) is 0. The van der Waals surface area contributed by atoms with Crippen LogP contribution in [0.5, 0.6) is 0 Å². The van der Waals surface area contributed by atoms with Crippen molar-refractivity contribution < 1.29 is 4.79 Å². The van der Waals surface area contributed by atoms with Gasteiger partial charge in [0.05, 0.1) is 17.6 Å². The number of ketones is 1. The zero-order chi connectivity index (χ0) is 24.2. The van der Waals surface area contributed by atoms with Crippen molar-refractivity contribution in [3.63, 3.8) is 0 Å². The summed E-state index contributed by atoms with van der Waals surface area (Å²) in [5.74, 6) is -0.218. The summed E-state index contributed by atoms with van der Waals surface area (Å²) in [5.41, 5.74) is 7.38. The Morgan fingerprint density at radius 1 is 0.857 bits per heavy atom. The number of nitrogens with one attached hydrogen (secondary N) is 1. The van der Waals surface area contributed by atoms with Gasteiger partial charge in [0.15, 0.2) is 11.4 Å². The molecule has 172 valence electrons. The first-order chi connectivity index (χ1) is 17.1. The van der Waals surface area contributed by atoms with Crippen LogP contribution in [0, 0.1) is 6.92 Å². The summed E-state index contributed by atoms with van der Waals surface area (Å²) in [6.07, 6.45) is 1.97. The summed E-state index contributed by atoms with van der Waals surface area (Å²) >= 11 is 0. The molecule has 0 saturated heterocycles. The second-order valence-electron chi connectivity index (χ2n) is 8.35. The molecule has 0 spiro atoms. The van der Waals surface area contributed by atoms with Crippen LogP contribution in [0.3, 0.4) is 0 Å². The predicted molar refractivity (Wildman–Crippen MR) is 137 cm³/mol. The van der Waals surface area contributed by atoms with Crippen molar-refractivity contribution >= 4 is 16.8 Å². The van der Waals surface area contributed by atoms with E-state index in [9.17, 15) is 9.59 Å². The summed E-state index contributed by atoms with van der Waals surface area (Å²) in [4.78, 5) is 36.5. The van der Waals surface area contributed by atoms with Gasteiger partial charge in [0.2, 0.25) is 0 Å². The minimum Gasteiger partial charge on any atom is -0.317 e. The lowest BCUT2D eigenvalue weighted by Gasteiger charge is -2.15. The maximum Gasteiger partial charge on any atom is 0.282 e. The van der Waals surface area contributed by atoms with E-state index < -0.39 is 0 Å². The third kappa shape index (κ3) is 4.59. The Morgan fingerprint density at radius 2 is 1.46 bits per heavy atom. The lowest BCUT2D eigenvalue weighted by Crippen LogP contribution is -2.30. The first-order valence-electron chi connectivity index (χ1n) is 11.4. The number of fused-ring (bicyclic) bond motifs is 1. The minimum absolute atomic E-state index is 0.218. The van der Waals surface area contributed by atoms with Crippen LogP contribution in [0.15, 0.2) is 102 Å². The molecule has 0 aliphatic rings. The molecule has 6 heteroatoms. The Hall–Kier alpha value is -4.58. The fourth-order valence-corrected chi connectivity index (χ4v) is 4.16. The van der Waals surface area contributed by atoms with Crippen LogP contribution in [0.25, 0.3) is 11.0 Å². The predicted octanol–water partition coefficient (Wildman–Crippen LogP) is 4.67. The van der Waals surface area contributed by atoms with Crippen LogP contribution >= 0.6 is 0 Å². The van der Waals surface area contributed by atoms with Crippen molar-refractivity contribution in [2.45, 2.75) is 19.9 Å². The lowest BCUT2D eigenvalue weighted by molar-refractivity contribution is 0.103. The van der Waals surface area contributed by atoms with Crippen LogP contribution in [-0.2, 0) is 13.0 Å². The molecule has 0 radical (unpaired) electrons. The number of pyridine rings is 1. The Kier molecular flexibility index (Phi) is 6.18. The summed E-state index contributed by atoms with van der Waals surface area (Å²) in [6.45, 7) is 2.30. The molecule has 35 heavy (non-hydrogen) atoms. The van der Waals surface area contributed by atoms with Crippen molar-refractivity contribution in [1.29, 1.82) is 0 Å². The van der Waals surface area contributed by atoms with Gasteiger partial charge in [-0.2, -0.15) is 0 Å². The number of aromatic nitrogens is 3. The molecule has 2 heterocycles. The molecule has 0 atom stereocenters. The number of hydrogen-bond acceptors (Lipinski definition) is 5. The van der Waals surface area contributed by atoms with E-state index in [0.29, 0.717) is 29.7 Å². The van der Waals surface area contributed by atoms with Crippen molar-refractivity contribution in [2.24, 2.45) is 0 Å². The maximum absolute atomic E-state index is 13.7. The van der Waals surface area contributed by atoms with Crippen LogP contribution in [0.4, 0.5) is 0 Å². The largest absolute Gasteiger partial charge is 0.317 e. The van der Waals surface area contributed by atoms with Gasteiger partial charge in [0.25, 0.3) is 5.56 Å². The Morgan fingerprint density at radius 3 is 2.11 bits per heavy atom. The monoisotopic (exact) mass is 460 g/mol. The first kappa shape index (κ1) is 22.2. The van der Waals surface area contributed by atoms with Crippen molar-refractivity contribution in [1.82, 2.24) is 14.6 Å². The molecule has 3 aromatic carbocycles. The molecule has 0 aliphatic heterocycles. The fourth-order valence-electron chi connectivity index (χ4n) is 4.16. The summed E-state index contributed by atoms with van der Waals surface area (Å²) < 4.78 is 1.33. The molecular formula is C29H24N4O2. The molecular weight excluding hydrogens is 436 g/mol. The average molecular weight is 461 g/mol. The topological polar surface area (TPSA) is 76.9 Å². The quantitative estimate of drug-likeness (QED) is 0.357. The van der Waals surface area contributed by atoms with E-state index in [0.717, 1.165) is 16.8 Å². The van der Waals surface area contributed by atoms with E-state index in [1.165, 1.54) is 11.0 Å². The minimum atomic E-state index is -0.355. The van der Waals surface area contributed by atoms with Gasteiger partial charge < -0.3 is 5.43 Å². The van der Waals surface area contributed by atoms with E-state index in [1.54, 1.807) is 12.1 Å². The Labute approximate surface area is 202 Å². The molecule has 6 nitrogen and oxygen atoms in total. The van der Waals surface area contributed by atoms with E-state index >= 15 is 0 Å². The molecule has 5 aromatic rings. The zero-order valence-corrected chi connectivity index (χ0v) is 19.3. The first-order valence-corrected chi connectivity index (χ1v) is 11.4. The SMILES string of the molecule is Cc1c(Cc2ccccc2)nc2ncn(NCc3ccccc3)c(=O)c2c1C(=O)c1ccccc1. The number of rotatable bonds is 7. The highest BCUT2D eigenvalue weighted by atomic mass is 16.1. The highest BCUT2D eigenvalue weighted by Crippen LogP contribution is 2.24. The van der Waals surface area contributed by atoms with E-state index in [2.05, 4.69) is 10.4 Å². The van der Waals surface area contributed by atoms with Gasteiger partial charge in [-0.3, -0.25) is 9.59 Å². The van der Waals surface area contributed by atoms with Crippen LogP contribution in [0.1, 0.15) is 38.3 Å². The van der Waals surface area contributed by atoms with E-state index in [4.69, 9.17) is 4.98 Å². The normalized spacial score (nSPS) is 10.9. The van der Waals surface area contributed by atoms with Crippen molar-refractivity contribution in [3.05, 3.63) is 141 Å². The molecule has 0 saturated carbocycles. The third-order valence-electron chi connectivity index (χ3n) is 6.02. The van der Waals surface area contributed by atoms with Gasteiger partial charge in [0, 0.05) is 17.5 Å². The van der Waals surface area contributed by atoms with Gasteiger partial charge in [-0.25, -0.2) is 14.6 Å². The van der Waals surface area contributed by atoms with Gasteiger partial charge in [-0.05, 0) is 23.6 Å². The van der Waals surface area contributed by atoms with Crippen LogP contribution < -0.4 is 11.0 Å². The number of hydrogen-bond donors (Lipinski definition) is 1. The lowest BCUT2D eigenvalue weighted by atomic mass is 9.94. The number of carbonyl (C=O) groups is 1. The zero-order valence-electron chi connectivity index (χ0n) is 19.3. The average Bonchev–Trinajstić information content (AvgIpc) is 2.90. The summed E-state index contributed by atoms with van der Waals surface area (Å²) in [5, 5.41) is 0.219. The number of nitrogens with zero attached hydrogens (tertiary/aromatic N) is 3. The second-order valence-corrected chi connectivity index (χ2v) is 8.35. The van der Waals surface area contributed by atoms with Gasteiger partial charge in [-0.1, -0.05) is 91.0 Å². The summed E-state index contributed by atoms with van der Waals surface area (Å²) in [6, 6.07) is 28.7. The Bertz CT molecular complexity index is 1550. The highest BCUT2D eigenvalue weighted by Gasteiger charge is 2.23. The molecule has 1 N–H and O–H groups in total. The van der Waals surface area contributed by atoms with E-state index in [-0.39, 0.29) is 22.4 Å². The molecule has 0 aliphatic carbocycles. The fraction of sp³-hybridized carbons (Fsp3) is 0.103. The van der Waals surface area contributed by atoms with Crippen LogP contribution in [0.2, 0.25) is 0 Å². The molecule has 0 amide bonds.